The molecule has 3 rings (SSSR count). The number of benzene rings is 3. The molecule has 0 saturated heterocycles. The van der Waals surface area contributed by atoms with Crippen LogP contribution >= 0.6 is 0 Å². The topological polar surface area (TPSA) is 12.2 Å². The summed E-state index contributed by atoms with van der Waals surface area (Å²) >= 11 is 0. The monoisotopic (exact) mass is 658 g/mol. The normalized spacial score (nSPS) is 12.6. The number of nitrogens with zero attached hydrogens (tertiary/aromatic N) is 1. The van der Waals surface area contributed by atoms with Crippen molar-refractivity contribution in [1.29, 1.82) is 0 Å². The highest BCUT2D eigenvalue weighted by Crippen LogP contribution is 2.28. The van der Waals surface area contributed by atoms with Crippen LogP contribution in [0.15, 0.2) is 0 Å². The third kappa shape index (κ3) is 5.38. The van der Waals surface area contributed by atoms with E-state index in [9.17, 15) is 39.5 Å². The van der Waals surface area contributed by atoms with Crippen LogP contribution in [0.3, 0.4) is 0 Å². The highest BCUT2D eigenvalue weighted by atomic mass is 28.4. The van der Waals surface area contributed by atoms with Crippen molar-refractivity contribution in [2.75, 3.05) is 20.2 Å². The van der Waals surface area contributed by atoms with Crippen molar-refractivity contribution in [2.45, 2.75) is 13.8 Å². The Labute approximate surface area is 232 Å². The van der Waals surface area contributed by atoms with Gasteiger partial charge in [-0.1, -0.05) is 13.8 Å². The molecule has 0 saturated carbocycles. The lowest BCUT2D eigenvalue weighted by molar-refractivity contribution is -0.496. The van der Waals surface area contributed by atoms with Gasteiger partial charge in [0, 0.05) is 5.92 Å². The molecule has 0 aliphatic rings. The maximum Gasteiger partial charge on any atom is 0.306 e. The minimum atomic E-state index is -7.29. The van der Waals surface area contributed by atoms with Crippen LogP contribution in [0.1, 0.15) is 13.8 Å². The van der Waals surface area contributed by atoms with Crippen LogP contribution in [0.2, 0.25) is 0 Å². The quantitative estimate of drug-likeness (QED) is 0.0623. The lowest BCUT2D eigenvalue weighted by Gasteiger charge is -2.34. The summed E-state index contributed by atoms with van der Waals surface area (Å²) in [5.74, 6) is -46.2. The van der Waals surface area contributed by atoms with Crippen LogP contribution in [0.4, 0.5) is 65.9 Å². The molecule has 0 aliphatic carbocycles. The van der Waals surface area contributed by atoms with Crippen molar-refractivity contribution in [3.05, 3.63) is 87.3 Å². The second-order valence-corrected chi connectivity index (χ2v) is 12.4. The van der Waals surface area contributed by atoms with E-state index in [0.717, 1.165) is 4.58 Å². The predicted molar refractivity (Wildman–Crippen MR) is 121 cm³/mol. The van der Waals surface area contributed by atoms with E-state index in [1.807, 2.05) is 0 Å². The van der Waals surface area contributed by atoms with Crippen molar-refractivity contribution in [3.8, 4) is 0 Å². The fraction of sp³-hybridized carbons (Fsp3) is 0.240. The summed E-state index contributed by atoms with van der Waals surface area (Å²) in [6, 6.07) is 0. The zero-order valence-corrected chi connectivity index (χ0v) is 22.6. The van der Waals surface area contributed by atoms with Gasteiger partial charge in [0.15, 0.2) is 76.4 Å². The molecule has 18 heteroatoms. The number of rotatable bonds is 8. The van der Waals surface area contributed by atoms with Gasteiger partial charge in [-0.15, -0.1) is 0 Å². The third-order valence-corrected chi connectivity index (χ3v) is 10.1. The molecule has 0 aromatic heterocycles. The summed E-state index contributed by atoms with van der Waals surface area (Å²) < 4.78 is 226. The first kappa shape index (κ1) is 34.0. The van der Waals surface area contributed by atoms with Gasteiger partial charge in [-0.05, 0) is 0 Å². The highest BCUT2D eigenvalue weighted by molar-refractivity contribution is 7.07. The molecular formula is C25H15F15NOSi+. The largest absolute Gasteiger partial charge is 0.397 e. The van der Waals surface area contributed by atoms with E-state index in [-0.39, 0.29) is 5.92 Å². The summed E-state index contributed by atoms with van der Waals surface area (Å²) in [5.41, 5.74) is 0. The minimum Gasteiger partial charge on any atom is -0.397 e. The fourth-order valence-corrected chi connectivity index (χ4v) is 8.35. The van der Waals surface area contributed by atoms with Gasteiger partial charge in [0.1, 0.15) is 13.3 Å². The Morgan fingerprint density at radius 3 is 0.953 bits per heavy atom. The maximum atomic E-state index is 15.3. The smallest absolute Gasteiger partial charge is 0.306 e. The number of halogens is 15. The zero-order chi connectivity index (χ0) is 32.9. The Bertz CT molecular complexity index is 1400. The van der Waals surface area contributed by atoms with Gasteiger partial charge in [-0.2, -0.15) is 0 Å². The Kier molecular flexibility index (Phi) is 9.65. The predicted octanol–water partition coefficient (Wildman–Crippen LogP) is 5.13. The van der Waals surface area contributed by atoms with E-state index < -0.39 is 124 Å². The number of hydrogen-bond donors (Lipinski definition) is 0. The average molecular weight is 658 g/mol. The second-order valence-electron chi connectivity index (χ2n) is 9.24. The summed E-state index contributed by atoms with van der Waals surface area (Å²) in [5, 5.41) is -8.19. The molecule has 0 aliphatic heterocycles. The number of hydrogen-bond acceptors (Lipinski definition) is 1. The molecule has 3 aromatic carbocycles. The first-order valence-electron chi connectivity index (χ1n) is 11.6. The zero-order valence-electron chi connectivity index (χ0n) is 21.6. The van der Waals surface area contributed by atoms with Gasteiger partial charge >= 0.3 is 8.32 Å². The standard InChI is InChI=1S/C25H15F15NOSi/c1-7(2)6-41(3)4-5-42-43(23-17(35)11(29)8(26)12(30)18(23)36,24-19(37)13(31)9(27)14(32)20(24)38)25-21(39)15(33)10(28)16(34)22(25)40/h6-7H,4-5H2,1-3H3/q+1. The fourth-order valence-electron chi connectivity index (χ4n) is 4.26. The molecule has 0 bridgehead atoms. The average Bonchev–Trinajstić information content (AvgIpc) is 2.94. The Morgan fingerprint density at radius 2 is 0.721 bits per heavy atom. The summed E-state index contributed by atoms with van der Waals surface area (Å²) in [4.78, 5) is 0. The molecule has 0 spiro atoms. The van der Waals surface area contributed by atoms with E-state index in [4.69, 9.17) is 4.43 Å². The van der Waals surface area contributed by atoms with Gasteiger partial charge < -0.3 is 4.43 Å². The van der Waals surface area contributed by atoms with E-state index in [2.05, 4.69) is 0 Å². The van der Waals surface area contributed by atoms with E-state index in [1.54, 1.807) is 13.8 Å². The number of likely N-dealkylation sites (N-methyl/N-ethyl adjacent to an activating group) is 1. The van der Waals surface area contributed by atoms with Crippen molar-refractivity contribution < 1.29 is 74.9 Å². The molecule has 0 fully saturated rings. The van der Waals surface area contributed by atoms with Gasteiger partial charge in [0.05, 0.1) is 22.2 Å². The third-order valence-electron chi connectivity index (χ3n) is 6.00. The Hall–Kier alpha value is -3.54. The van der Waals surface area contributed by atoms with Gasteiger partial charge in [-0.3, -0.25) is 0 Å². The first-order chi connectivity index (χ1) is 19.8. The van der Waals surface area contributed by atoms with Crippen LogP contribution < -0.4 is 15.6 Å². The van der Waals surface area contributed by atoms with E-state index >= 15 is 26.3 Å². The summed E-state index contributed by atoms with van der Waals surface area (Å²) in [7, 11) is -6.05. The molecule has 0 radical (unpaired) electrons. The molecule has 2 nitrogen and oxygen atoms in total. The lowest BCUT2D eigenvalue weighted by Crippen LogP contribution is -2.75. The summed E-state index contributed by atoms with van der Waals surface area (Å²) in [6.07, 6.45) is 1.36. The van der Waals surface area contributed by atoms with Crippen LogP contribution in [-0.4, -0.2) is 39.3 Å². The molecule has 43 heavy (non-hydrogen) atoms. The maximum absolute atomic E-state index is 15.3. The van der Waals surface area contributed by atoms with Gasteiger partial charge in [0.2, 0.25) is 17.5 Å². The Balaban J connectivity index is 2.75. The molecule has 0 heterocycles. The summed E-state index contributed by atoms with van der Waals surface area (Å²) in [6.45, 7) is 1.18. The van der Waals surface area contributed by atoms with Gasteiger partial charge in [0.25, 0.3) is 0 Å². The van der Waals surface area contributed by atoms with Crippen molar-refractivity contribution in [3.63, 3.8) is 0 Å². The molecule has 3 aromatic rings. The first-order valence-corrected chi connectivity index (χ1v) is 13.5. The SMILES string of the molecule is CC(C)C=[N+](C)CCO[Si](c1c(F)c(F)c(F)c(F)c1F)(c1c(F)c(F)c(F)c(F)c1F)c1c(F)c(F)c(F)c(F)c1F. The second kappa shape index (κ2) is 12.2. The molecule has 0 amide bonds. The Morgan fingerprint density at radius 1 is 0.488 bits per heavy atom. The van der Waals surface area contributed by atoms with Crippen molar-refractivity contribution in [1.82, 2.24) is 0 Å². The molecule has 0 atom stereocenters. The van der Waals surface area contributed by atoms with Crippen LogP contribution in [-0.2, 0) is 4.43 Å². The van der Waals surface area contributed by atoms with E-state index in [1.165, 1.54) is 13.3 Å². The van der Waals surface area contributed by atoms with E-state index in [0.29, 0.717) is 0 Å². The minimum absolute atomic E-state index is 0.285. The van der Waals surface area contributed by atoms with Crippen molar-refractivity contribution >= 4 is 30.1 Å². The van der Waals surface area contributed by atoms with Crippen molar-refractivity contribution in [2.24, 2.45) is 5.92 Å². The van der Waals surface area contributed by atoms with Crippen LogP contribution in [0.25, 0.3) is 0 Å². The molecule has 0 N–H and O–H groups in total. The molecular weight excluding hydrogens is 643 g/mol. The van der Waals surface area contributed by atoms with Crippen LogP contribution in [0.5, 0.6) is 0 Å². The lowest BCUT2D eigenvalue weighted by atomic mass is 10.2. The molecule has 0 unspecified atom stereocenters. The molecule has 234 valence electrons. The highest BCUT2D eigenvalue weighted by Gasteiger charge is 2.58. The van der Waals surface area contributed by atoms with Crippen LogP contribution in [0, 0.1) is 93.2 Å². The van der Waals surface area contributed by atoms with Gasteiger partial charge in [-0.25, -0.2) is 70.4 Å².